The number of hydrogen-bond acceptors (Lipinski definition) is 1. The average Bonchev–Trinajstić information content (AvgIpc) is 2.96. The van der Waals surface area contributed by atoms with Crippen molar-refractivity contribution < 1.29 is 0 Å². The number of hydrogen-bond donors (Lipinski definition) is 3. The van der Waals surface area contributed by atoms with Crippen LogP contribution in [-0.2, 0) is 0 Å². The summed E-state index contributed by atoms with van der Waals surface area (Å²) in [7, 11) is 0. The Balaban J connectivity index is 2.40. The fourth-order valence-electron chi connectivity index (χ4n) is 2.96. The number of anilines is 1. The van der Waals surface area contributed by atoms with E-state index in [1.165, 1.54) is 0 Å². The standard InChI is InChI=1S/C18H15N3/c1-10-13-5-3-4-6-15(13)21-18(10)17-11(2)20-16-8-7-12(19)9-14(16)17/h3-9,20-21H,1-2,19H2/b18-17+. The molecule has 0 saturated heterocycles. The Hall–Kier alpha value is -2.94. The minimum absolute atomic E-state index is 0.740. The van der Waals surface area contributed by atoms with Crippen LogP contribution in [0.25, 0.3) is 35.0 Å². The van der Waals surface area contributed by atoms with Gasteiger partial charge in [-0.2, -0.15) is 0 Å². The van der Waals surface area contributed by atoms with Gasteiger partial charge < -0.3 is 15.7 Å². The highest BCUT2D eigenvalue weighted by molar-refractivity contribution is 5.85. The van der Waals surface area contributed by atoms with Crippen LogP contribution in [0.5, 0.6) is 0 Å². The Kier molecular flexibility index (Phi) is 2.27. The molecule has 0 aliphatic heterocycles. The molecule has 0 saturated carbocycles. The van der Waals surface area contributed by atoms with Gasteiger partial charge in [0.15, 0.2) is 0 Å². The molecular weight excluding hydrogens is 258 g/mol. The first-order valence-corrected chi connectivity index (χ1v) is 6.81. The summed E-state index contributed by atoms with van der Waals surface area (Å²) in [5, 5.41) is 6.09. The highest BCUT2D eigenvalue weighted by atomic mass is 14.7. The van der Waals surface area contributed by atoms with Crippen LogP contribution in [0.3, 0.4) is 0 Å². The number of aromatic nitrogens is 2. The van der Waals surface area contributed by atoms with Crippen molar-refractivity contribution in [2.75, 3.05) is 5.73 Å². The molecule has 0 radical (unpaired) electrons. The van der Waals surface area contributed by atoms with E-state index in [-0.39, 0.29) is 0 Å². The summed E-state index contributed by atoms with van der Waals surface area (Å²) in [6.07, 6.45) is 0. The molecule has 3 nitrogen and oxygen atoms in total. The summed E-state index contributed by atoms with van der Waals surface area (Å²) in [6, 6.07) is 14.0. The zero-order chi connectivity index (χ0) is 14.6. The highest BCUT2D eigenvalue weighted by Gasteiger charge is 2.04. The van der Waals surface area contributed by atoms with E-state index in [0.717, 1.165) is 48.6 Å². The number of nitrogens with two attached hydrogens (primary N) is 1. The van der Waals surface area contributed by atoms with Crippen LogP contribution in [0, 0.1) is 10.6 Å². The molecule has 4 rings (SSSR count). The monoisotopic (exact) mass is 273 g/mol. The number of para-hydroxylation sites is 1. The van der Waals surface area contributed by atoms with Crippen LogP contribution in [0.2, 0.25) is 0 Å². The van der Waals surface area contributed by atoms with Crippen molar-refractivity contribution in [3.05, 3.63) is 63.6 Å². The predicted octanol–water partition coefficient (Wildman–Crippen LogP) is 2.34. The second-order valence-electron chi connectivity index (χ2n) is 5.31. The van der Waals surface area contributed by atoms with Gasteiger partial charge in [0.2, 0.25) is 0 Å². The smallest absolute Gasteiger partial charge is 0.0560 e. The van der Waals surface area contributed by atoms with Gasteiger partial charge in [-0.05, 0) is 24.3 Å². The Morgan fingerprint density at radius 1 is 0.857 bits per heavy atom. The maximum Gasteiger partial charge on any atom is 0.0560 e. The molecule has 0 atom stereocenters. The maximum absolute atomic E-state index is 5.93. The van der Waals surface area contributed by atoms with Gasteiger partial charge in [-0.1, -0.05) is 31.4 Å². The van der Waals surface area contributed by atoms with E-state index in [2.05, 4.69) is 35.3 Å². The second-order valence-corrected chi connectivity index (χ2v) is 5.31. The van der Waals surface area contributed by atoms with Gasteiger partial charge in [-0.15, -0.1) is 0 Å². The quantitative estimate of drug-likeness (QED) is 0.423. The van der Waals surface area contributed by atoms with Gasteiger partial charge in [0, 0.05) is 43.3 Å². The molecule has 2 aromatic heterocycles. The van der Waals surface area contributed by atoms with Crippen LogP contribution in [0.4, 0.5) is 5.69 Å². The molecule has 0 unspecified atom stereocenters. The molecule has 0 aliphatic rings. The van der Waals surface area contributed by atoms with E-state index >= 15 is 0 Å². The zero-order valence-corrected chi connectivity index (χ0v) is 11.5. The molecule has 0 amide bonds. The van der Waals surface area contributed by atoms with E-state index in [1.54, 1.807) is 0 Å². The average molecular weight is 273 g/mol. The van der Waals surface area contributed by atoms with E-state index in [0.29, 0.717) is 0 Å². The lowest BCUT2D eigenvalue weighted by molar-refractivity contribution is 1.29. The molecular formula is C18H15N3. The lowest BCUT2D eigenvalue weighted by Gasteiger charge is -1.92. The molecule has 4 N–H and O–H groups in total. The van der Waals surface area contributed by atoms with Crippen molar-refractivity contribution in [2.45, 2.75) is 0 Å². The van der Waals surface area contributed by atoms with Gasteiger partial charge >= 0.3 is 0 Å². The number of nitrogens with one attached hydrogen (secondary N) is 2. The SMILES string of the molecule is C=c1[nH]c2ccc(N)cc2/c1=c1/[nH]c2ccccc2c1=C. The summed E-state index contributed by atoms with van der Waals surface area (Å²) in [5.74, 6) is 0. The first-order valence-electron chi connectivity index (χ1n) is 6.81. The van der Waals surface area contributed by atoms with Crippen molar-refractivity contribution in [3.8, 4) is 0 Å². The van der Waals surface area contributed by atoms with Gasteiger partial charge in [-0.3, -0.25) is 0 Å². The topological polar surface area (TPSA) is 57.6 Å². The van der Waals surface area contributed by atoms with Crippen molar-refractivity contribution in [1.29, 1.82) is 0 Å². The molecule has 0 spiro atoms. The minimum atomic E-state index is 0.740. The number of benzene rings is 2. The summed E-state index contributed by atoms with van der Waals surface area (Å²) >= 11 is 0. The molecule has 3 heteroatoms. The van der Waals surface area contributed by atoms with E-state index < -0.39 is 0 Å². The summed E-state index contributed by atoms with van der Waals surface area (Å²) in [4.78, 5) is 6.77. The predicted molar refractivity (Wildman–Crippen MR) is 89.0 cm³/mol. The molecule has 21 heavy (non-hydrogen) atoms. The molecule has 2 heterocycles. The molecule has 102 valence electrons. The van der Waals surface area contributed by atoms with Gasteiger partial charge in [-0.25, -0.2) is 0 Å². The van der Waals surface area contributed by atoms with E-state index in [9.17, 15) is 0 Å². The summed E-state index contributed by atoms with van der Waals surface area (Å²) < 4.78 is 0. The van der Waals surface area contributed by atoms with Gasteiger partial charge in [0.25, 0.3) is 0 Å². The van der Waals surface area contributed by atoms with Crippen LogP contribution < -0.4 is 16.3 Å². The first kappa shape index (κ1) is 11.9. The number of rotatable bonds is 0. The van der Waals surface area contributed by atoms with Crippen LogP contribution in [0.15, 0.2) is 42.5 Å². The third kappa shape index (κ3) is 1.61. The number of nitrogen functional groups attached to an aromatic ring is 1. The van der Waals surface area contributed by atoms with Crippen molar-refractivity contribution in [3.63, 3.8) is 0 Å². The zero-order valence-electron chi connectivity index (χ0n) is 11.5. The minimum Gasteiger partial charge on any atom is -0.399 e. The van der Waals surface area contributed by atoms with Crippen LogP contribution >= 0.6 is 0 Å². The normalized spacial score (nSPS) is 13.1. The lowest BCUT2D eigenvalue weighted by atomic mass is 10.2. The maximum atomic E-state index is 5.93. The number of fused-ring (bicyclic) bond motifs is 2. The second kappa shape index (κ2) is 4.03. The van der Waals surface area contributed by atoms with Crippen molar-refractivity contribution >= 4 is 40.7 Å². The molecule has 2 aromatic carbocycles. The van der Waals surface area contributed by atoms with Crippen molar-refractivity contribution in [1.82, 2.24) is 9.97 Å². The van der Waals surface area contributed by atoms with E-state index in [1.807, 2.05) is 30.3 Å². The fourth-order valence-corrected chi connectivity index (χ4v) is 2.96. The fraction of sp³-hybridized carbons (Fsp3) is 0. The highest BCUT2D eigenvalue weighted by Crippen LogP contribution is 2.16. The first-order chi connectivity index (χ1) is 10.1. The third-order valence-corrected chi connectivity index (χ3v) is 3.96. The Bertz CT molecular complexity index is 1180. The number of H-pyrrole nitrogens is 2. The van der Waals surface area contributed by atoms with Crippen molar-refractivity contribution in [2.24, 2.45) is 0 Å². The summed E-state index contributed by atoms with van der Waals surface area (Å²) in [6.45, 7) is 8.36. The molecule has 0 bridgehead atoms. The molecule has 0 fully saturated rings. The Labute approximate surface area is 120 Å². The number of aromatic amines is 2. The Morgan fingerprint density at radius 2 is 1.62 bits per heavy atom. The van der Waals surface area contributed by atoms with Crippen LogP contribution in [0.1, 0.15) is 0 Å². The summed E-state index contributed by atoms with van der Waals surface area (Å²) in [5.41, 5.74) is 8.78. The van der Waals surface area contributed by atoms with Gasteiger partial charge in [0.1, 0.15) is 0 Å². The third-order valence-electron chi connectivity index (χ3n) is 3.96. The Morgan fingerprint density at radius 3 is 2.43 bits per heavy atom. The van der Waals surface area contributed by atoms with Crippen LogP contribution in [-0.4, -0.2) is 9.97 Å². The van der Waals surface area contributed by atoms with Gasteiger partial charge in [0.05, 0.1) is 5.35 Å². The molecule has 4 aromatic rings. The largest absolute Gasteiger partial charge is 0.399 e. The van der Waals surface area contributed by atoms with E-state index in [4.69, 9.17) is 5.73 Å². The molecule has 0 aliphatic carbocycles. The lowest BCUT2D eigenvalue weighted by Crippen LogP contribution is -2.04.